The highest BCUT2D eigenvalue weighted by molar-refractivity contribution is 5.40. The summed E-state index contributed by atoms with van der Waals surface area (Å²) in [6, 6.07) is 17.9. The minimum atomic E-state index is 0.766. The Hall–Kier alpha value is -1.60. The van der Waals surface area contributed by atoms with Crippen LogP contribution in [0.25, 0.3) is 0 Å². The number of rotatable bonds is 6. The van der Waals surface area contributed by atoms with E-state index in [1.165, 1.54) is 36.8 Å². The summed E-state index contributed by atoms with van der Waals surface area (Å²) in [5.41, 5.74) is 11.7. The standard InChI is InChI=1S/C20H25N/c21-13-5-4-8-18-11-12-19-10-9-17(15-20(18)19)14-16-6-2-1-3-7-16/h1-3,6-7,9-10,15,18H,4-5,8,11-14,21H2/t18-/m1/s1. The lowest BCUT2D eigenvalue weighted by atomic mass is 9.93. The average Bonchev–Trinajstić information content (AvgIpc) is 2.91. The second-order valence-electron chi connectivity index (χ2n) is 6.22. The third-order valence-corrected chi connectivity index (χ3v) is 4.67. The fourth-order valence-corrected chi connectivity index (χ4v) is 3.51. The maximum Gasteiger partial charge on any atom is -0.00257 e. The summed E-state index contributed by atoms with van der Waals surface area (Å²) >= 11 is 0. The van der Waals surface area contributed by atoms with Crippen LogP contribution in [0.3, 0.4) is 0 Å². The van der Waals surface area contributed by atoms with Crippen molar-refractivity contribution >= 4 is 0 Å². The molecule has 0 aliphatic heterocycles. The average molecular weight is 279 g/mol. The van der Waals surface area contributed by atoms with Crippen LogP contribution in [-0.2, 0) is 12.8 Å². The van der Waals surface area contributed by atoms with Gasteiger partial charge in [0.25, 0.3) is 0 Å². The molecule has 0 amide bonds. The summed E-state index contributed by atoms with van der Waals surface area (Å²) in [6.07, 6.45) is 7.37. The van der Waals surface area contributed by atoms with Crippen LogP contribution < -0.4 is 5.73 Å². The van der Waals surface area contributed by atoms with Crippen LogP contribution in [0, 0.1) is 0 Å². The maximum absolute atomic E-state index is 5.62. The first-order valence-corrected chi connectivity index (χ1v) is 8.22. The van der Waals surface area contributed by atoms with E-state index >= 15 is 0 Å². The van der Waals surface area contributed by atoms with E-state index in [9.17, 15) is 0 Å². The first-order chi connectivity index (χ1) is 10.4. The molecule has 1 nitrogen and oxygen atoms in total. The number of aryl methyl sites for hydroxylation is 1. The van der Waals surface area contributed by atoms with Crippen molar-refractivity contribution in [1.82, 2.24) is 0 Å². The van der Waals surface area contributed by atoms with Gasteiger partial charge in [0.15, 0.2) is 0 Å². The van der Waals surface area contributed by atoms with Crippen LogP contribution in [0.5, 0.6) is 0 Å². The predicted octanol–water partition coefficient (Wildman–Crippen LogP) is 4.44. The molecule has 0 unspecified atom stereocenters. The molecular formula is C20H25N. The van der Waals surface area contributed by atoms with Gasteiger partial charge in [-0.1, -0.05) is 55.0 Å². The van der Waals surface area contributed by atoms with Crippen molar-refractivity contribution in [3.8, 4) is 0 Å². The normalized spacial score (nSPS) is 16.9. The Morgan fingerprint density at radius 1 is 0.952 bits per heavy atom. The second kappa shape index (κ2) is 6.91. The molecule has 1 aliphatic carbocycles. The van der Waals surface area contributed by atoms with Crippen molar-refractivity contribution in [3.05, 3.63) is 70.8 Å². The van der Waals surface area contributed by atoms with Crippen molar-refractivity contribution < 1.29 is 0 Å². The Morgan fingerprint density at radius 3 is 2.62 bits per heavy atom. The van der Waals surface area contributed by atoms with Crippen molar-refractivity contribution in [1.29, 1.82) is 0 Å². The Bertz CT molecular complexity index is 574. The first-order valence-electron chi connectivity index (χ1n) is 8.22. The highest BCUT2D eigenvalue weighted by atomic mass is 14.5. The SMILES string of the molecule is NCCCC[C@@H]1CCc2ccc(Cc3ccccc3)cc21. The summed E-state index contributed by atoms with van der Waals surface area (Å²) in [6.45, 7) is 0.827. The van der Waals surface area contributed by atoms with E-state index < -0.39 is 0 Å². The predicted molar refractivity (Wildman–Crippen MR) is 89.7 cm³/mol. The van der Waals surface area contributed by atoms with E-state index in [4.69, 9.17) is 5.73 Å². The number of hydrogen-bond acceptors (Lipinski definition) is 1. The molecule has 0 aromatic heterocycles. The number of benzene rings is 2. The summed E-state index contributed by atoms with van der Waals surface area (Å²) in [5.74, 6) is 0.766. The maximum atomic E-state index is 5.62. The van der Waals surface area contributed by atoms with Gasteiger partial charge in [0.1, 0.15) is 0 Å². The zero-order valence-electron chi connectivity index (χ0n) is 12.7. The summed E-state index contributed by atoms with van der Waals surface area (Å²) < 4.78 is 0. The van der Waals surface area contributed by atoms with Crippen molar-refractivity contribution in [2.24, 2.45) is 5.73 Å². The Kier molecular flexibility index (Phi) is 4.72. The van der Waals surface area contributed by atoms with E-state index in [1.807, 2.05) is 0 Å². The van der Waals surface area contributed by atoms with E-state index in [0.717, 1.165) is 25.3 Å². The highest BCUT2D eigenvalue weighted by Crippen LogP contribution is 2.37. The quantitative estimate of drug-likeness (QED) is 0.777. The van der Waals surface area contributed by atoms with Gasteiger partial charge in [0.05, 0.1) is 0 Å². The third kappa shape index (κ3) is 3.54. The van der Waals surface area contributed by atoms with E-state index in [-0.39, 0.29) is 0 Å². The molecule has 110 valence electrons. The molecule has 2 N–H and O–H groups in total. The van der Waals surface area contributed by atoms with Crippen molar-refractivity contribution in [3.63, 3.8) is 0 Å². The lowest BCUT2D eigenvalue weighted by Crippen LogP contribution is -2.01. The van der Waals surface area contributed by atoms with Crippen LogP contribution >= 0.6 is 0 Å². The van der Waals surface area contributed by atoms with Gasteiger partial charge in [-0.05, 0) is 66.8 Å². The molecule has 0 saturated heterocycles. The van der Waals surface area contributed by atoms with Crippen LogP contribution in [0.2, 0.25) is 0 Å². The number of fused-ring (bicyclic) bond motifs is 1. The second-order valence-corrected chi connectivity index (χ2v) is 6.22. The van der Waals surface area contributed by atoms with E-state index in [0.29, 0.717) is 0 Å². The molecule has 2 aromatic rings. The van der Waals surface area contributed by atoms with Crippen LogP contribution in [0.15, 0.2) is 48.5 Å². The lowest BCUT2D eigenvalue weighted by Gasteiger charge is -2.13. The monoisotopic (exact) mass is 279 g/mol. The van der Waals surface area contributed by atoms with Crippen LogP contribution in [0.4, 0.5) is 0 Å². The van der Waals surface area contributed by atoms with Crippen molar-refractivity contribution in [2.45, 2.75) is 44.4 Å². The van der Waals surface area contributed by atoms with Gasteiger partial charge >= 0.3 is 0 Å². The summed E-state index contributed by atoms with van der Waals surface area (Å²) in [7, 11) is 0. The van der Waals surface area contributed by atoms with Crippen LogP contribution in [-0.4, -0.2) is 6.54 Å². The van der Waals surface area contributed by atoms with E-state index in [1.54, 1.807) is 11.1 Å². The molecule has 2 aromatic carbocycles. The minimum Gasteiger partial charge on any atom is -0.330 e. The highest BCUT2D eigenvalue weighted by Gasteiger charge is 2.22. The molecule has 1 aliphatic rings. The molecule has 0 bridgehead atoms. The zero-order valence-corrected chi connectivity index (χ0v) is 12.7. The van der Waals surface area contributed by atoms with Gasteiger partial charge < -0.3 is 5.73 Å². The molecule has 3 rings (SSSR count). The smallest absolute Gasteiger partial charge is 0.00257 e. The molecule has 1 atom stereocenters. The minimum absolute atomic E-state index is 0.766. The van der Waals surface area contributed by atoms with Gasteiger partial charge in [0, 0.05) is 0 Å². The first kappa shape index (κ1) is 14.3. The molecular weight excluding hydrogens is 254 g/mol. The summed E-state index contributed by atoms with van der Waals surface area (Å²) in [5, 5.41) is 0. The lowest BCUT2D eigenvalue weighted by molar-refractivity contribution is 0.570. The Balaban J connectivity index is 1.72. The summed E-state index contributed by atoms with van der Waals surface area (Å²) in [4.78, 5) is 0. The van der Waals surface area contributed by atoms with Gasteiger partial charge in [-0.15, -0.1) is 0 Å². The number of unbranched alkanes of at least 4 members (excludes halogenated alkanes) is 1. The largest absolute Gasteiger partial charge is 0.330 e. The van der Waals surface area contributed by atoms with E-state index in [2.05, 4.69) is 48.5 Å². The third-order valence-electron chi connectivity index (χ3n) is 4.67. The van der Waals surface area contributed by atoms with Gasteiger partial charge in [-0.2, -0.15) is 0 Å². The number of nitrogens with two attached hydrogens (primary N) is 1. The molecule has 1 heteroatoms. The van der Waals surface area contributed by atoms with Gasteiger partial charge in [-0.25, -0.2) is 0 Å². The molecule has 0 heterocycles. The topological polar surface area (TPSA) is 26.0 Å². The molecule has 0 radical (unpaired) electrons. The molecule has 0 saturated carbocycles. The Morgan fingerprint density at radius 2 is 1.81 bits per heavy atom. The zero-order chi connectivity index (χ0) is 14.5. The fourth-order valence-electron chi connectivity index (χ4n) is 3.51. The molecule has 0 spiro atoms. The fraction of sp³-hybridized carbons (Fsp3) is 0.400. The van der Waals surface area contributed by atoms with Crippen LogP contribution in [0.1, 0.15) is 53.9 Å². The number of hydrogen-bond donors (Lipinski definition) is 1. The van der Waals surface area contributed by atoms with Gasteiger partial charge in [0.2, 0.25) is 0 Å². The van der Waals surface area contributed by atoms with Gasteiger partial charge in [-0.3, -0.25) is 0 Å². The molecule has 0 fully saturated rings. The Labute approximate surface area is 128 Å². The molecule has 21 heavy (non-hydrogen) atoms. The van der Waals surface area contributed by atoms with Crippen molar-refractivity contribution in [2.75, 3.05) is 6.54 Å².